The fraction of sp³-hybridized carbons (Fsp3) is 0.500. The summed E-state index contributed by atoms with van der Waals surface area (Å²) in [6.45, 7) is 2.06. The van der Waals surface area contributed by atoms with Crippen molar-refractivity contribution >= 4 is 0 Å². The van der Waals surface area contributed by atoms with Crippen molar-refractivity contribution in [1.29, 1.82) is 0 Å². The van der Waals surface area contributed by atoms with Gasteiger partial charge in [-0.3, -0.25) is 9.97 Å². The first-order valence-corrected chi connectivity index (χ1v) is 3.78. The predicted octanol–water partition coefficient (Wildman–Crippen LogP) is 1.02. The molecule has 1 aromatic heterocycles. The summed E-state index contributed by atoms with van der Waals surface area (Å²) in [5, 5.41) is 9.45. The third-order valence-electron chi connectivity index (χ3n) is 2.12. The normalized spacial score (nSPS) is 28.5. The minimum Gasteiger partial charge on any atom is -0.387 e. The highest BCUT2D eigenvalue weighted by atomic mass is 16.3. The fourth-order valence-electron chi connectivity index (χ4n) is 1.55. The Morgan fingerprint density at radius 2 is 2.00 bits per heavy atom. The Kier molecular flexibility index (Phi) is 1.39. The highest BCUT2D eigenvalue weighted by Crippen LogP contribution is 2.36. The minimum absolute atomic E-state index is 0.355. The fourth-order valence-corrected chi connectivity index (χ4v) is 1.55. The van der Waals surface area contributed by atoms with Crippen LogP contribution >= 0.6 is 0 Å². The topological polar surface area (TPSA) is 46.0 Å². The molecule has 0 aromatic carbocycles. The summed E-state index contributed by atoms with van der Waals surface area (Å²) >= 11 is 0. The molecular formula is C8H10N2O. The first-order chi connectivity index (χ1) is 5.29. The van der Waals surface area contributed by atoms with Gasteiger partial charge in [-0.1, -0.05) is 6.92 Å². The molecule has 0 aliphatic heterocycles. The molecule has 0 saturated carbocycles. The van der Waals surface area contributed by atoms with Gasteiger partial charge in [0.25, 0.3) is 0 Å². The molecule has 0 saturated heterocycles. The van der Waals surface area contributed by atoms with Gasteiger partial charge in [-0.25, -0.2) is 0 Å². The maximum absolute atomic E-state index is 9.45. The van der Waals surface area contributed by atoms with Gasteiger partial charge in [0, 0.05) is 18.3 Å². The van der Waals surface area contributed by atoms with Crippen molar-refractivity contribution in [1.82, 2.24) is 9.97 Å². The van der Waals surface area contributed by atoms with E-state index in [9.17, 15) is 5.11 Å². The molecule has 58 valence electrons. The van der Waals surface area contributed by atoms with Crippen LogP contribution in [0, 0.1) is 0 Å². The number of aliphatic hydroxyl groups excluding tert-OH is 1. The molecule has 0 amide bonds. The molecule has 11 heavy (non-hydrogen) atoms. The molecule has 2 rings (SSSR count). The summed E-state index contributed by atoms with van der Waals surface area (Å²) in [6.07, 6.45) is 3.67. The number of nitrogens with zero attached hydrogens (tertiary/aromatic N) is 2. The molecule has 2 atom stereocenters. The Labute approximate surface area is 65.1 Å². The summed E-state index contributed by atoms with van der Waals surface area (Å²) in [5.74, 6) is 0.355. The van der Waals surface area contributed by atoms with Crippen molar-refractivity contribution in [3.05, 3.63) is 23.8 Å². The summed E-state index contributed by atoms with van der Waals surface area (Å²) in [7, 11) is 0. The van der Waals surface area contributed by atoms with Crippen molar-refractivity contribution in [3.63, 3.8) is 0 Å². The summed E-state index contributed by atoms with van der Waals surface area (Å²) in [5.41, 5.74) is 1.72. The molecule has 1 aliphatic carbocycles. The molecule has 3 nitrogen and oxygen atoms in total. The highest BCUT2D eigenvalue weighted by molar-refractivity contribution is 5.23. The average Bonchev–Trinajstić information content (AvgIpc) is 2.30. The zero-order valence-corrected chi connectivity index (χ0v) is 6.36. The van der Waals surface area contributed by atoms with Crippen LogP contribution in [0.25, 0.3) is 0 Å². The quantitative estimate of drug-likeness (QED) is 0.600. The first kappa shape index (κ1) is 6.73. The number of fused-ring (bicyclic) bond motifs is 1. The monoisotopic (exact) mass is 150 g/mol. The van der Waals surface area contributed by atoms with Crippen molar-refractivity contribution < 1.29 is 5.11 Å². The van der Waals surface area contributed by atoms with E-state index in [2.05, 4.69) is 16.9 Å². The molecule has 0 fully saturated rings. The molecule has 1 aliphatic rings. The number of hydrogen-bond acceptors (Lipinski definition) is 3. The average molecular weight is 150 g/mol. The lowest BCUT2D eigenvalue weighted by Gasteiger charge is -1.98. The van der Waals surface area contributed by atoms with E-state index >= 15 is 0 Å². The highest BCUT2D eigenvalue weighted by Gasteiger charge is 2.28. The predicted molar refractivity (Wildman–Crippen MR) is 40.0 cm³/mol. The summed E-state index contributed by atoms with van der Waals surface area (Å²) in [4.78, 5) is 8.25. The number of hydrogen-bond donors (Lipinski definition) is 1. The van der Waals surface area contributed by atoms with Crippen molar-refractivity contribution in [2.75, 3.05) is 0 Å². The number of aromatic nitrogens is 2. The van der Waals surface area contributed by atoms with Gasteiger partial charge in [0.05, 0.1) is 17.5 Å². The molecule has 1 aromatic rings. The Morgan fingerprint density at radius 1 is 1.36 bits per heavy atom. The Bertz CT molecular complexity index is 248. The summed E-state index contributed by atoms with van der Waals surface area (Å²) < 4.78 is 0. The molecule has 1 heterocycles. The Balaban J connectivity index is 2.52. The van der Waals surface area contributed by atoms with Crippen LogP contribution in [0.15, 0.2) is 12.4 Å². The van der Waals surface area contributed by atoms with Crippen LogP contribution in [-0.4, -0.2) is 15.1 Å². The van der Waals surface area contributed by atoms with Crippen LogP contribution in [0.5, 0.6) is 0 Å². The SMILES string of the molecule is CC1CC(O)c2nccnc21. The van der Waals surface area contributed by atoms with Crippen LogP contribution in [0.4, 0.5) is 0 Å². The van der Waals surface area contributed by atoms with Crippen LogP contribution in [-0.2, 0) is 0 Å². The number of rotatable bonds is 0. The molecule has 0 bridgehead atoms. The lowest BCUT2D eigenvalue weighted by Crippen LogP contribution is -1.95. The van der Waals surface area contributed by atoms with E-state index in [0.29, 0.717) is 5.92 Å². The largest absolute Gasteiger partial charge is 0.387 e. The van der Waals surface area contributed by atoms with E-state index < -0.39 is 6.10 Å². The van der Waals surface area contributed by atoms with Crippen molar-refractivity contribution in [2.24, 2.45) is 0 Å². The Morgan fingerprint density at radius 3 is 2.64 bits per heavy atom. The van der Waals surface area contributed by atoms with Gasteiger partial charge >= 0.3 is 0 Å². The van der Waals surface area contributed by atoms with E-state index in [1.807, 2.05) is 0 Å². The van der Waals surface area contributed by atoms with E-state index in [1.165, 1.54) is 0 Å². The van der Waals surface area contributed by atoms with Crippen LogP contribution in [0.1, 0.15) is 36.8 Å². The van der Waals surface area contributed by atoms with Gasteiger partial charge in [-0.15, -0.1) is 0 Å². The third kappa shape index (κ3) is 0.922. The van der Waals surface area contributed by atoms with Gasteiger partial charge in [0.2, 0.25) is 0 Å². The van der Waals surface area contributed by atoms with Crippen LogP contribution in [0.3, 0.4) is 0 Å². The standard InChI is InChI=1S/C8H10N2O/c1-5-4-6(11)8-7(5)9-2-3-10-8/h2-3,5-6,11H,4H2,1H3. The van der Waals surface area contributed by atoms with E-state index in [4.69, 9.17) is 0 Å². The molecule has 0 radical (unpaired) electrons. The first-order valence-electron chi connectivity index (χ1n) is 3.78. The van der Waals surface area contributed by atoms with Crippen LogP contribution in [0.2, 0.25) is 0 Å². The lowest BCUT2D eigenvalue weighted by molar-refractivity contribution is 0.170. The molecule has 0 spiro atoms. The second kappa shape index (κ2) is 2.27. The second-order valence-corrected chi connectivity index (χ2v) is 2.98. The third-order valence-corrected chi connectivity index (χ3v) is 2.12. The molecular weight excluding hydrogens is 140 g/mol. The molecule has 1 N–H and O–H groups in total. The number of aliphatic hydroxyl groups is 1. The van der Waals surface area contributed by atoms with Gasteiger partial charge in [-0.2, -0.15) is 0 Å². The van der Waals surface area contributed by atoms with Crippen molar-refractivity contribution in [3.8, 4) is 0 Å². The van der Waals surface area contributed by atoms with Crippen molar-refractivity contribution in [2.45, 2.75) is 25.4 Å². The zero-order chi connectivity index (χ0) is 7.84. The molecule has 2 unspecified atom stereocenters. The molecule has 3 heteroatoms. The van der Waals surface area contributed by atoms with Crippen LogP contribution < -0.4 is 0 Å². The maximum Gasteiger partial charge on any atom is 0.0984 e. The maximum atomic E-state index is 9.45. The van der Waals surface area contributed by atoms with Gasteiger partial charge in [0.1, 0.15) is 0 Å². The van der Waals surface area contributed by atoms with Gasteiger partial charge in [-0.05, 0) is 6.42 Å². The zero-order valence-electron chi connectivity index (χ0n) is 6.36. The van der Waals surface area contributed by atoms with Gasteiger partial charge in [0.15, 0.2) is 0 Å². The van der Waals surface area contributed by atoms with Gasteiger partial charge < -0.3 is 5.11 Å². The van der Waals surface area contributed by atoms with E-state index in [0.717, 1.165) is 17.8 Å². The smallest absolute Gasteiger partial charge is 0.0984 e. The summed E-state index contributed by atoms with van der Waals surface area (Å²) in [6, 6.07) is 0. The van der Waals surface area contributed by atoms with E-state index in [1.54, 1.807) is 12.4 Å². The lowest BCUT2D eigenvalue weighted by atomic mass is 10.1. The van der Waals surface area contributed by atoms with E-state index in [-0.39, 0.29) is 0 Å². The second-order valence-electron chi connectivity index (χ2n) is 2.98. The minimum atomic E-state index is -0.395. The Hall–Kier alpha value is -0.960.